The molecule has 57 heavy (non-hydrogen) atoms. The van der Waals surface area contributed by atoms with E-state index in [-0.39, 0.29) is 29.7 Å². The number of hydrogen-bond donors (Lipinski definition) is 4. The lowest BCUT2D eigenvalue weighted by Crippen LogP contribution is -2.51. The van der Waals surface area contributed by atoms with Crippen LogP contribution in [0.3, 0.4) is 0 Å². The van der Waals surface area contributed by atoms with Gasteiger partial charge in [-0.1, -0.05) is 44.2 Å². The van der Waals surface area contributed by atoms with Crippen molar-refractivity contribution in [1.82, 2.24) is 39.8 Å². The maximum Gasteiger partial charge on any atom is 0.407 e. The smallest absolute Gasteiger partial charge is 0.407 e. The number of nitrogens with one attached hydrogen (secondary N) is 4. The van der Waals surface area contributed by atoms with Crippen LogP contribution in [0.15, 0.2) is 48.9 Å². The van der Waals surface area contributed by atoms with Gasteiger partial charge in [0.15, 0.2) is 10.8 Å². The average molecular weight is 802 g/mol. The molecule has 0 bridgehead atoms. The number of hydrogen-bond acceptors (Lipinski definition) is 10. The monoisotopic (exact) mass is 801 g/mol. The van der Waals surface area contributed by atoms with E-state index < -0.39 is 30.3 Å². The number of H-pyrrole nitrogens is 1. The van der Waals surface area contributed by atoms with Crippen LogP contribution in [0, 0.1) is 5.92 Å². The molecule has 3 fully saturated rings. The molecule has 1 aliphatic carbocycles. The first kappa shape index (κ1) is 39.8. The van der Waals surface area contributed by atoms with Gasteiger partial charge < -0.3 is 40.2 Å². The minimum absolute atomic E-state index is 0.0959. The zero-order chi connectivity index (χ0) is 40.2. The van der Waals surface area contributed by atoms with Crippen LogP contribution in [0.1, 0.15) is 111 Å². The number of aromatic amines is 1. The molecule has 4 aromatic rings. The molecule has 16 nitrogen and oxygen atoms in total. The van der Waals surface area contributed by atoms with Crippen LogP contribution in [0.25, 0.3) is 4.96 Å². The quantitative estimate of drug-likeness (QED) is 0.149. The summed E-state index contributed by atoms with van der Waals surface area (Å²) in [5.74, 6) is 1.03. The van der Waals surface area contributed by atoms with Crippen molar-refractivity contribution < 1.29 is 33.4 Å². The number of alkyl carbamates (subject to hydrolysis) is 2. The Labute approximate surface area is 335 Å². The van der Waals surface area contributed by atoms with Crippen LogP contribution in [0.4, 0.5) is 15.4 Å². The van der Waals surface area contributed by atoms with Gasteiger partial charge in [-0.3, -0.25) is 18.8 Å². The highest BCUT2D eigenvalue weighted by atomic mass is 32.1. The van der Waals surface area contributed by atoms with Crippen LogP contribution in [0.5, 0.6) is 0 Å². The number of rotatable bonds is 11. The SMILES string of the molecule is COC(=O)N[C@H](C(=O)N1CCC[C@H]1c1ncc(C2CCC(c3cn4cc(NC(=O)[C@@H]5CCCN5C(=O)[C@H](NC(=O)OC)c5ccccc5)nc4s3)CC2)[nH]1)C(C)C. The largest absolute Gasteiger partial charge is 0.453 e. The van der Waals surface area contributed by atoms with E-state index in [0.29, 0.717) is 49.1 Å². The van der Waals surface area contributed by atoms with Crippen molar-refractivity contribution in [3.63, 3.8) is 0 Å². The summed E-state index contributed by atoms with van der Waals surface area (Å²) in [5, 5.41) is 8.26. The van der Waals surface area contributed by atoms with Gasteiger partial charge in [0.25, 0.3) is 5.91 Å². The highest BCUT2D eigenvalue weighted by Crippen LogP contribution is 2.43. The van der Waals surface area contributed by atoms with Gasteiger partial charge in [-0.15, -0.1) is 11.3 Å². The molecule has 17 heteroatoms. The first-order valence-electron chi connectivity index (χ1n) is 19.7. The lowest BCUT2D eigenvalue weighted by Gasteiger charge is -2.30. The highest BCUT2D eigenvalue weighted by Gasteiger charge is 2.40. The van der Waals surface area contributed by atoms with E-state index in [0.717, 1.165) is 55.0 Å². The van der Waals surface area contributed by atoms with Crippen molar-refractivity contribution in [2.24, 2.45) is 5.92 Å². The molecule has 304 valence electrons. The summed E-state index contributed by atoms with van der Waals surface area (Å²) in [7, 11) is 2.53. The van der Waals surface area contributed by atoms with E-state index in [4.69, 9.17) is 19.4 Å². The number of nitrogens with zero attached hydrogens (tertiary/aromatic N) is 5. The van der Waals surface area contributed by atoms with E-state index in [1.54, 1.807) is 35.6 Å². The average Bonchev–Trinajstić information content (AvgIpc) is 4.07. The van der Waals surface area contributed by atoms with Gasteiger partial charge in [0.05, 0.1) is 26.5 Å². The Morgan fingerprint density at radius 1 is 0.842 bits per heavy atom. The lowest BCUT2D eigenvalue weighted by atomic mass is 9.80. The molecule has 1 aromatic carbocycles. The number of amides is 5. The molecule has 0 radical (unpaired) electrons. The first-order chi connectivity index (χ1) is 27.5. The zero-order valence-corrected chi connectivity index (χ0v) is 33.5. The van der Waals surface area contributed by atoms with Crippen molar-refractivity contribution >= 4 is 52.0 Å². The third-order valence-electron chi connectivity index (χ3n) is 11.5. The third-order valence-corrected chi connectivity index (χ3v) is 12.7. The minimum atomic E-state index is -0.988. The maximum atomic E-state index is 13.7. The van der Waals surface area contributed by atoms with E-state index >= 15 is 0 Å². The molecule has 5 heterocycles. The first-order valence-corrected chi connectivity index (χ1v) is 20.5. The number of anilines is 1. The lowest BCUT2D eigenvalue weighted by molar-refractivity contribution is -0.138. The molecule has 2 saturated heterocycles. The highest BCUT2D eigenvalue weighted by molar-refractivity contribution is 7.17. The predicted molar refractivity (Wildman–Crippen MR) is 212 cm³/mol. The van der Waals surface area contributed by atoms with Gasteiger partial charge in [0.1, 0.15) is 23.9 Å². The molecule has 1 saturated carbocycles. The molecular weight excluding hydrogens is 751 g/mol. The molecule has 4 N–H and O–H groups in total. The molecule has 3 aliphatic rings. The number of thiazole rings is 1. The second kappa shape index (κ2) is 17.4. The Hall–Kier alpha value is -5.45. The van der Waals surface area contributed by atoms with Crippen LogP contribution >= 0.6 is 11.3 Å². The van der Waals surface area contributed by atoms with Gasteiger partial charge in [0, 0.05) is 42.0 Å². The number of ether oxygens (including phenoxy) is 2. The number of benzene rings is 1. The fourth-order valence-electron chi connectivity index (χ4n) is 8.46. The number of carbonyl (C=O) groups is 5. The number of carbonyl (C=O) groups excluding carboxylic acids is 5. The summed E-state index contributed by atoms with van der Waals surface area (Å²) in [6, 6.07) is 6.38. The van der Waals surface area contributed by atoms with E-state index in [2.05, 4.69) is 27.1 Å². The molecular formula is C40H51N9O7S. The van der Waals surface area contributed by atoms with Crippen LogP contribution in [-0.2, 0) is 23.9 Å². The second-order valence-electron chi connectivity index (χ2n) is 15.4. The van der Waals surface area contributed by atoms with Crippen LogP contribution in [-0.4, -0.2) is 98.5 Å². The summed E-state index contributed by atoms with van der Waals surface area (Å²) < 4.78 is 11.5. The van der Waals surface area contributed by atoms with Crippen molar-refractivity contribution in [3.05, 3.63) is 70.9 Å². The number of methoxy groups -OCH3 is 2. The number of imidazole rings is 2. The fourth-order valence-corrected chi connectivity index (χ4v) is 9.60. The molecule has 5 amide bonds. The molecule has 4 atom stereocenters. The summed E-state index contributed by atoms with van der Waals surface area (Å²) in [6.45, 7) is 4.82. The number of aromatic nitrogens is 4. The van der Waals surface area contributed by atoms with Gasteiger partial charge >= 0.3 is 12.2 Å². The fraction of sp³-hybridized carbons (Fsp3) is 0.525. The topological polar surface area (TPSA) is 192 Å². The Morgan fingerprint density at radius 2 is 1.53 bits per heavy atom. The van der Waals surface area contributed by atoms with Crippen molar-refractivity contribution in [1.29, 1.82) is 0 Å². The van der Waals surface area contributed by atoms with Crippen molar-refractivity contribution in [2.75, 3.05) is 32.6 Å². The van der Waals surface area contributed by atoms with Crippen molar-refractivity contribution in [2.45, 2.75) is 101 Å². The zero-order valence-electron chi connectivity index (χ0n) is 32.7. The maximum absolute atomic E-state index is 13.7. The summed E-state index contributed by atoms with van der Waals surface area (Å²) >= 11 is 1.62. The van der Waals surface area contributed by atoms with Crippen molar-refractivity contribution in [3.8, 4) is 0 Å². The normalized spacial score (nSPS) is 22.0. The predicted octanol–water partition coefficient (Wildman–Crippen LogP) is 5.63. The number of fused-ring (bicyclic) bond motifs is 1. The second-order valence-corrected chi connectivity index (χ2v) is 16.5. The molecule has 0 spiro atoms. The summed E-state index contributed by atoms with van der Waals surface area (Å²) in [5.41, 5.74) is 1.69. The number of likely N-dealkylation sites (tertiary alicyclic amines) is 2. The van der Waals surface area contributed by atoms with Gasteiger partial charge in [-0.05, 0) is 68.8 Å². The van der Waals surface area contributed by atoms with Gasteiger partial charge in [-0.2, -0.15) is 0 Å². The van der Waals surface area contributed by atoms with Crippen LogP contribution < -0.4 is 16.0 Å². The minimum Gasteiger partial charge on any atom is -0.453 e. The summed E-state index contributed by atoms with van der Waals surface area (Å²) in [6.07, 6.45) is 11.3. The molecule has 3 aromatic heterocycles. The van der Waals surface area contributed by atoms with E-state index in [9.17, 15) is 24.0 Å². The molecule has 0 unspecified atom stereocenters. The third kappa shape index (κ3) is 8.62. The Kier molecular flexibility index (Phi) is 12.1. The molecule has 7 rings (SSSR count). The summed E-state index contributed by atoms with van der Waals surface area (Å²) in [4.78, 5) is 83.4. The van der Waals surface area contributed by atoms with E-state index in [1.807, 2.05) is 41.6 Å². The van der Waals surface area contributed by atoms with Gasteiger partial charge in [-0.25, -0.2) is 19.6 Å². The Balaban J connectivity index is 0.940. The molecule has 2 aliphatic heterocycles. The standard InChI is InChI=1S/C40H51N9O7S/c1-23(2)32(45-39(53)55-3)36(51)48-18-8-12-28(48)34-41-20-27(42-34)24-14-16-25(17-15-24)30-21-47-22-31(44-38(47)57-30)43-35(50)29-13-9-19-49(29)37(52)33(46-40(54)56-4)26-10-6-5-7-11-26/h5-7,10-11,20-25,28-29,32-33H,8-9,12-19H2,1-4H3,(H,41,42)(H,43,50)(H,45,53)(H,46,54)/t24?,25?,28-,29-,32-,33+/m0/s1. The van der Waals surface area contributed by atoms with Gasteiger partial charge in [0.2, 0.25) is 11.8 Å². The Morgan fingerprint density at radius 3 is 2.23 bits per heavy atom. The van der Waals surface area contributed by atoms with Crippen LogP contribution in [0.2, 0.25) is 0 Å². The Bertz CT molecular complexity index is 2040. The van der Waals surface area contributed by atoms with E-state index in [1.165, 1.54) is 24.0 Å².